The SMILES string of the molecule is Cc1cccc(OC(C)C(=O)NCCc2nnc3ccccn23)c1. The molecule has 1 unspecified atom stereocenters. The maximum Gasteiger partial charge on any atom is 0.260 e. The highest BCUT2D eigenvalue weighted by molar-refractivity contribution is 5.80. The summed E-state index contributed by atoms with van der Waals surface area (Å²) in [7, 11) is 0. The van der Waals surface area contributed by atoms with E-state index in [0.29, 0.717) is 18.7 Å². The van der Waals surface area contributed by atoms with Crippen LogP contribution in [0.4, 0.5) is 0 Å². The molecule has 0 fully saturated rings. The predicted octanol–water partition coefficient (Wildman–Crippen LogP) is 2.16. The first-order valence-corrected chi connectivity index (χ1v) is 7.93. The van der Waals surface area contributed by atoms with Crippen molar-refractivity contribution in [2.75, 3.05) is 6.54 Å². The van der Waals surface area contributed by atoms with E-state index in [2.05, 4.69) is 15.5 Å². The van der Waals surface area contributed by atoms with Crippen molar-refractivity contribution in [3.05, 3.63) is 60.0 Å². The molecule has 0 saturated carbocycles. The first kappa shape index (κ1) is 16.0. The summed E-state index contributed by atoms with van der Waals surface area (Å²) in [6, 6.07) is 13.4. The summed E-state index contributed by atoms with van der Waals surface area (Å²) in [5.74, 6) is 1.37. The smallest absolute Gasteiger partial charge is 0.260 e. The third kappa shape index (κ3) is 3.71. The second kappa shape index (κ2) is 7.12. The molecule has 0 spiro atoms. The first-order chi connectivity index (χ1) is 11.6. The molecule has 124 valence electrons. The summed E-state index contributed by atoms with van der Waals surface area (Å²) in [5.41, 5.74) is 1.90. The van der Waals surface area contributed by atoms with E-state index in [-0.39, 0.29) is 5.91 Å². The third-order valence-electron chi connectivity index (χ3n) is 3.70. The lowest BCUT2D eigenvalue weighted by Crippen LogP contribution is -2.37. The molecule has 0 aliphatic heterocycles. The van der Waals surface area contributed by atoms with Gasteiger partial charge in [0.1, 0.15) is 11.6 Å². The standard InChI is InChI=1S/C18H20N4O2/c1-13-6-5-7-15(12-13)24-14(2)18(23)19-10-9-17-21-20-16-8-3-4-11-22(16)17/h3-8,11-12,14H,9-10H2,1-2H3,(H,19,23). The van der Waals surface area contributed by atoms with E-state index in [1.165, 1.54) is 0 Å². The molecule has 0 aliphatic rings. The molecule has 2 heterocycles. The van der Waals surface area contributed by atoms with E-state index >= 15 is 0 Å². The minimum absolute atomic E-state index is 0.148. The number of fused-ring (bicyclic) bond motifs is 1. The molecule has 6 heteroatoms. The molecular formula is C18H20N4O2. The Balaban J connectivity index is 1.51. The third-order valence-corrected chi connectivity index (χ3v) is 3.70. The molecule has 1 amide bonds. The summed E-state index contributed by atoms with van der Waals surface area (Å²) in [4.78, 5) is 12.1. The van der Waals surface area contributed by atoms with Crippen LogP contribution in [-0.4, -0.2) is 33.2 Å². The van der Waals surface area contributed by atoms with Crippen LogP contribution in [0.15, 0.2) is 48.7 Å². The largest absolute Gasteiger partial charge is 0.481 e. The van der Waals surface area contributed by atoms with Crippen LogP contribution in [0, 0.1) is 6.92 Å². The summed E-state index contributed by atoms with van der Waals surface area (Å²) in [6.45, 7) is 4.21. The Hall–Kier alpha value is -2.89. The van der Waals surface area contributed by atoms with E-state index in [9.17, 15) is 4.79 Å². The Morgan fingerprint density at radius 3 is 2.96 bits per heavy atom. The van der Waals surface area contributed by atoms with Crippen molar-refractivity contribution in [3.8, 4) is 5.75 Å². The van der Waals surface area contributed by atoms with Gasteiger partial charge < -0.3 is 10.1 Å². The minimum Gasteiger partial charge on any atom is -0.481 e. The first-order valence-electron chi connectivity index (χ1n) is 7.93. The topological polar surface area (TPSA) is 68.5 Å². The number of ether oxygens (including phenoxy) is 1. The Bertz CT molecular complexity index is 844. The van der Waals surface area contributed by atoms with E-state index in [0.717, 1.165) is 17.0 Å². The van der Waals surface area contributed by atoms with Crippen LogP contribution in [0.25, 0.3) is 5.65 Å². The average molecular weight is 324 g/mol. The zero-order chi connectivity index (χ0) is 16.9. The number of carbonyl (C=O) groups excluding carboxylic acids is 1. The molecule has 3 rings (SSSR count). The van der Waals surface area contributed by atoms with E-state index in [1.807, 2.05) is 60.0 Å². The van der Waals surface area contributed by atoms with Gasteiger partial charge in [0, 0.05) is 19.2 Å². The van der Waals surface area contributed by atoms with Gasteiger partial charge in [0.25, 0.3) is 5.91 Å². The highest BCUT2D eigenvalue weighted by Crippen LogP contribution is 2.14. The average Bonchev–Trinajstić information content (AvgIpc) is 2.98. The van der Waals surface area contributed by atoms with Crippen LogP contribution < -0.4 is 10.1 Å². The van der Waals surface area contributed by atoms with Crippen molar-refractivity contribution >= 4 is 11.6 Å². The van der Waals surface area contributed by atoms with Gasteiger partial charge in [0.15, 0.2) is 11.8 Å². The van der Waals surface area contributed by atoms with Gasteiger partial charge in [-0.1, -0.05) is 18.2 Å². The van der Waals surface area contributed by atoms with Crippen LogP contribution in [0.1, 0.15) is 18.3 Å². The van der Waals surface area contributed by atoms with Crippen LogP contribution in [0.3, 0.4) is 0 Å². The van der Waals surface area contributed by atoms with Crippen molar-refractivity contribution < 1.29 is 9.53 Å². The lowest BCUT2D eigenvalue weighted by Gasteiger charge is -2.14. The van der Waals surface area contributed by atoms with Gasteiger partial charge in [-0.3, -0.25) is 9.20 Å². The fourth-order valence-electron chi connectivity index (χ4n) is 2.45. The highest BCUT2D eigenvalue weighted by Gasteiger charge is 2.14. The Kier molecular flexibility index (Phi) is 4.74. The number of hydrogen-bond donors (Lipinski definition) is 1. The van der Waals surface area contributed by atoms with Crippen LogP contribution in [0.2, 0.25) is 0 Å². The molecule has 2 aromatic heterocycles. The minimum atomic E-state index is -0.554. The van der Waals surface area contributed by atoms with Crippen molar-refractivity contribution in [2.24, 2.45) is 0 Å². The number of aromatic nitrogens is 3. The van der Waals surface area contributed by atoms with Gasteiger partial charge >= 0.3 is 0 Å². The number of aryl methyl sites for hydroxylation is 1. The Morgan fingerprint density at radius 1 is 1.25 bits per heavy atom. The number of nitrogens with one attached hydrogen (secondary N) is 1. The fraction of sp³-hybridized carbons (Fsp3) is 0.278. The maximum atomic E-state index is 12.1. The van der Waals surface area contributed by atoms with Gasteiger partial charge in [0.2, 0.25) is 0 Å². The van der Waals surface area contributed by atoms with Crippen molar-refractivity contribution in [2.45, 2.75) is 26.4 Å². The molecule has 0 saturated heterocycles. The zero-order valence-electron chi connectivity index (χ0n) is 13.8. The number of benzene rings is 1. The summed E-state index contributed by atoms with van der Waals surface area (Å²) < 4.78 is 7.59. The molecule has 0 bridgehead atoms. The molecule has 1 atom stereocenters. The van der Waals surface area contributed by atoms with Crippen LogP contribution in [-0.2, 0) is 11.2 Å². The number of rotatable bonds is 6. The van der Waals surface area contributed by atoms with Gasteiger partial charge in [-0.15, -0.1) is 10.2 Å². The van der Waals surface area contributed by atoms with Crippen molar-refractivity contribution in [1.29, 1.82) is 0 Å². The molecule has 24 heavy (non-hydrogen) atoms. The Morgan fingerprint density at radius 2 is 2.12 bits per heavy atom. The summed E-state index contributed by atoms with van der Waals surface area (Å²) in [5, 5.41) is 11.1. The fourth-order valence-corrected chi connectivity index (χ4v) is 2.45. The van der Waals surface area contributed by atoms with Gasteiger partial charge in [0.05, 0.1) is 0 Å². The van der Waals surface area contributed by atoms with Gasteiger partial charge in [-0.25, -0.2) is 0 Å². The van der Waals surface area contributed by atoms with Gasteiger partial charge in [-0.2, -0.15) is 0 Å². The molecule has 0 aliphatic carbocycles. The van der Waals surface area contributed by atoms with Crippen molar-refractivity contribution in [3.63, 3.8) is 0 Å². The quantitative estimate of drug-likeness (QED) is 0.754. The number of nitrogens with zero attached hydrogens (tertiary/aromatic N) is 3. The maximum absolute atomic E-state index is 12.1. The molecule has 3 aromatic rings. The normalized spacial score (nSPS) is 12.1. The zero-order valence-corrected chi connectivity index (χ0v) is 13.8. The Labute approximate surface area is 140 Å². The second-order valence-electron chi connectivity index (χ2n) is 5.66. The molecule has 6 nitrogen and oxygen atoms in total. The summed E-state index contributed by atoms with van der Waals surface area (Å²) in [6.07, 6.45) is 1.96. The molecule has 1 N–H and O–H groups in total. The van der Waals surface area contributed by atoms with E-state index in [4.69, 9.17) is 4.74 Å². The molecule has 1 aromatic carbocycles. The number of hydrogen-bond acceptors (Lipinski definition) is 4. The predicted molar refractivity (Wildman–Crippen MR) is 91.0 cm³/mol. The van der Waals surface area contributed by atoms with Crippen LogP contribution >= 0.6 is 0 Å². The van der Waals surface area contributed by atoms with Crippen molar-refractivity contribution in [1.82, 2.24) is 19.9 Å². The number of carbonyl (C=O) groups is 1. The van der Waals surface area contributed by atoms with Crippen LogP contribution in [0.5, 0.6) is 5.75 Å². The van der Waals surface area contributed by atoms with Gasteiger partial charge in [-0.05, 0) is 43.7 Å². The second-order valence-corrected chi connectivity index (χ2v) is 5.66. The summed E-state index contributed by atoms with van der Waals surface area (Å²) >= 11 is 0. The monoisotopic (exact) mass is 324 g/mol. The molecular weight excluding hydrogens is 304 g/mol. The molecule has 0 radical (unpaired) electrons. The number of amides is 1. The highest BCUT2D eigenvalue weighted by atomic mass is 16.5. The van der Waals surface area contributed by atoms with E-state index < -0.39 is 6.10 Å². The lowest BCUT2D eigenvalue weighted by atomic mass is 10.2. The lowest BCUT2D eigenvalue weighted by molar-refractivity contribution is -0.127. The van der Waals surface area contributed by atoms with E-state index in [1.54, 1.807) is 6.92 Å². The number of pyridine rings is 1.